The van der Waals surface area contributed by atoms with Gasteiger partial charge in [-0.15, -0.1) is 12.4 Å². The number of hydrogen-bond donors (Lipinski definition) is 0. The standard InChI is InChI=1S/C21H33NO.ClH/c1-15(12-22-13-16(2)20(23)17(3)14-22)11-18-7-9-19(10-8-18)21(4,5)6;/h7-10,15-17H,11-14H2,1-6H3;1H. The highest BCUT2D eigenvalue weighted by atomic mass is 35.5. The predicted molar refractivity (Wildman–Crippen MR) is 105 cm³/mol. The van der Waals surface area contributed by atoms with Gasteiger partial charge in [0.15, 0.2) is 0 Å². The molecule has 1 saturated heterocycles. The molecule has 3 unspecified atom stereocenters. The summed E-state index contributed by atoms with van der Waals surface area (Å²) in [7, 11) is 0. The Hall–Kier alpha value is -0.860. The van der Waals surface area contributed by atoms with Crippen molar-refractivity contribution in [3.63, 3.8) is 0 Å². The first-order chi connectivity index (χ1) is 10.7. The Bertz CT molecular complexity index is 518. The molecule has 1 aliphatic heterocycles. The normalized spacial score (nSPS) is 23.7. The Balaban J connectivity index is 0.00000288. The summed E-state index contributed by atoms with van der Waals surface area (Å²) in [5.74, 6) is 1.43. The fourth-order valence-corrected chi connectivity index (χ4v) is 3.71. The van der Waals surface area contributed by atoms with Crippen LogP contribution >= 0.6 is 12.4 Å². The van der Waals surface area contributed by atoms with E-state index in [0.717, 1.165) is 26.1 Å². The van der Waals surface area contributed by atoms with Gasteiger partial charge in [-0.05, 0) is 28.9 Å². The molecule has 2 nitrogen and oxygen atoms in total. The highest BCUT2D eigenvalue weighted by molar-refractivity contribution is 5.85. The van der Waals surface area contributed by atoms with Crippen LogP contribution in [0.4, 0.5) is 0 Å². The van der Waals surface area contributed by atoms with Gasteiger partial charge in [-0.3, -0.25) is 4.79 Å². The van der Waals surface area contributed by atoms with Gasteiger partial charge in [0.25, 0.3) is 0 Å². The number of ketones is 1. The van der Waals surface area contributed by atoms with Crippen molar-refractivity contribution in [3.05, 3.63) is 35.4 Å². The average molecular weight is 352 g/mol. The monoisotopic (exact) mass is 351 g/mol. The van der Waals surface area contributed by atoms with Crippen molar-refractivity contribution in [1.29, 1.82) is 0 Å². The minimum atomic E-state index is 0. The number of nitrogens with zero attached hydrogens (tertiary/aromatic N) is 1. The van der Waals surface area contributed by atoms with Gasteiger partial charge in [0.05, 0.1) is 0 Å². The van der Waals surface area contributed by atoms with Gasteiger partial charge < -0.3 is 4.90 Å². The van der Waals surface area contributed by atoms with Gasteiger partial charge in [0, 0.05) is 31.5 Å². The molecule has 0 N–H and O–H groups in total. The lowest BCUT2D eigenvalue weighted by Gasteiger charge is -2.35. The number of piperidine rings is 1. The van der Waals surface area contributed by atoms with Crippen LogP contribution in [0.25, 0.3) is 0 Å². The predicted octanol–water partition coefficient (Wildman–Crippen LogP) is 4.74. The van der Waals surface area contributed by atoms with E-state index in [-0.39, 0.29) is 29.7 Å². The summed E-state index contributed by atoms with van der Waals surface area (Å²) < 4.78 is 0. The van der Waals surface area contributed by atoms with E-state index < -0.39 is 0 Å². The minimum Gasteiger partial charge on any atom is -0.302 e. The van der Waals surface area contributed by atoms with E-state index >= 15 is 0 Å². The van der Waals surface area contributed by atoms with E-state index in [1.165, 1.54) is 11.1 Å². The second-order valence-electron chi connectivity index (χ2n) is 8.68. The van der Waals surface area contributed by atoms with Crippen molar-refractivity contribution in [1.82, 2.24) is 4.90 Å². The van der Waals surface area contributed by atoms with E-state index in [1.807, 2.05) is 0 Å². The smallest absolute Gasteiger partial charge is 0.141 e. The molecule has 3 atom stereocenters. The molecule has 1 aliphatic rings. The van der Waals surface area contributed by atoms with Crippen molar-refractivity contribution in [3.8, 4) is 0 Å². The third kappa shape index (κ3) is 5.60. The Labute approximate surface area is 154 Å². The van der Waals surface area contributed by atoms with Gasteiger partial charge in [0.1, 0.15) is 5.78 Å². The summed E-state index contributed by atoms with van der Waals surface area (Å²) in [6.07, 6.45) is 1.11. The molecular weight excluding hydrogens is 318 g/mol. The lowest BCUT2D eigenvalue weighted by atomic mass is 9.86. The van der Waals surface area contributed by atoms with Crippen LogP contribution in [0.2, 0.25) is 0 Å². The molecule has 3 heteroatoms. The molecule has 0 amide bonds. The quantitative estimate of drug-likeness (QED) is 0.780. The molecule has 0 radical (unpaired) electrons. The van der Waals surface area contributed by atoms with Crippen molar-refractivity contribution < 1.29 is 4.79 Å². The topological polar surface area (TPSA) is 20.3 Å². The number of rotatable bonds is 4. The third-order valence-electron chi connectivity index (χ3n) is 5.01. The number of halogens is 1. The van der Waals surface area contributed by atoms with Gasteiger partial charge >= 0.3 is 0 Å². The fraction of sp³-hybridized carbons (Fsp3) is 0.667. The summed E-state index contributed by atoms with van der Waals surface area (Å²) >= 11 is 0. The molecule has 1 aromatic carbocycles. The Kier molecular flexibility index (Phi) is 7.49. The van der Waals surface area contributed by atoms with Crippen LogP contribution in [0.1, 0.15) is 52.7 Å². The Morgan fingerprint density at radius 3 is 2.04 bits per heavy atom. The van der Waals surface area contributed by atoms with E-state index in [4.69, 9.17) is 0 Å². The highest BCUT2D eigenvalue weighted by Crippen LogP contribution is 2.24. The van der Waals surface area contributed by atoms with E-state index in [0.29, 0.717) is 11.7 Å². The maximum absolute atomic E-state index is 11.9. The summed E-state index contributed by atoms with van der Waals surface area (Å²) in [6, 6.07) is 9.10. The maximum Gasteiger partial charge on any atom is 0.141 e. The first-order valence-electron chi connectivity index (χ1n) is 9.02. The Morgan fingerprint density at radius 1 is 1.08 bits per heavy atom. The SMILES string of the molecule is CC(Cc1ccc(C(C)(C)C)cc1)CN1CC(C)C(=O)C(C)C1.Cl. The molecule has 136 valence electrons. The molecule has 0 aromatic heterocycles. The summed E-state index contributed by atoms with van der Waals surface area (Å²) in [5, 5.41) is 0. The van der Waals surface area contributed by atoms with Gasteiger partial charge in [-0.1, -0.05) is 65.8 Å². The lowest BCUT2D eigenvalue weighted by Crippen LogP contribution is -2.46. The number of carbonyl (C=O) groups is 1. The van der Waals surface area contributed by atoms with Crippen molar-refractivity contribution >= 4 is 18.2 Å². The lowest BCUT2D eigenvalue weighted by molar-refractivity contribution is -0.130. The maximum atomic E-state index is 11.9. The second-order valence-corrected chi connectivity index (χ2v) is 8.68. The minimum absolute atomic E-state index is 0. The third-order valence-corrected chi connectivity index (χ3v) is 5.01. The van der Waals surface area contributed by atoms with Crippen LogP contribution in [0.15, 0.2) is 24.3 Å². The number of benzene rings is 1. The zero-order chi connectivity index (χ0) is 17.2. The molecule has 1 aromatic rings. The number of carbonyl (C=O) groups excluding carboxylic acids is 1. The second kappa shape index (κ2) is 8.49. The van der Waals surface area contributed by atoms with E-state index in [9.17, 15) is 4.79 Å². The molecule has 0 bridgehead atoms. The van der Waals surface area contributed by atoms with Gasteiger partial charge in [-0.2, -0.15) is 0 Å². The van der Waals surface area contributed by atoms with Gasteiger partial charge in [0.2, 0.25) is 0 Å². The molecule has 1 fully saturated rings. The average Bonchev–Trinajstić information content (AvgIpc) is 2.44. The summed E-state index contributed by atoms with van der Waals surface area (Å²) in [4.78, 5) is 14.4. The van der Waals surface area contributed by atoms with E-state index in [1.54, 1.807) is 0 Å². The Morgan fingerprint density at radius 2 is 1.58 bits per heavy atom. The number of likely N-dealkylation sites (tertiary alicyclic amines) is 1. The van der Waals surface area contributed by atoms with Crippen LogP contribution < -0.4 is 0 Å². The first kappa shape index (κ1) is 21.2. The van der Waals surface area contributed by atoms with Crippen molar-refractivity contribution in [2.75, 3.05) is 19.6 Å². The van der Waals surface area contributed by atoms with Crippen molar-refractivity contribution in [2.24, 2.45) is 17.8 Å². The van der Waals surface area contributed by atoms with Crippen LogP contribution in [-0.2, 0) is 16.6 Å². The summed E-state index contributed by atoms with van der Waals surface area (Å²) in [5.41, 5.74) is 3.03. The molecule has 0 spiro atoms. The molecular formula is C21H34ClNO. The zero-order valence-corrected chi connectivity index (χ0v) is 17.0. The molecule has 2 rings (SSSR count). The van der Waals surface area contributed by atoms with Crippen LogP contribution in [0.3, 0.4) is 0 Å². The van der Waals surface area contributed by atoms with E-state index in [2.05, 4.69) is 70.7 Å². The largest absolute Gasteiger partial charge is 0.302 e. The molecule has 0 aliphatic carbocycles. The molecule has 0 saturated carbocycles. The van der Waals surface area contributed by atoms with Crippen molar-refractivity contribution in [2.45, 2.75) is 53.4 Å². The highest BCUT2D eigenvalue weighted by Gasteiger charge is 2.30. The van der Waals surface area contributed by atoms with Gasteiger partial charge in [-0.25, -0.2) is 0 Å². The van der Waals surface area contributed by atoms with Crippen LogP contribution in [0.5, 0.6) is 0 Å². The first-order valence-corrected chi connectivity index (χ1v) is 9.02. The van der Waals surface area contributed by atoms with Crippen LogP contribution in [-0.4, -0.2) is 30.3 Å². The summed E-state index contributed by atoms with van der Waals surface area (Å²) in [6.45, 7) is 16.2. The molecule has 1 heterocycles. The number of hydrogen-bond acceptors (Lipinski definition) is 2. The fourth-order valence-electron chi connectivity index (χ4n) is 3.71. The zero-order valence-electron chi connectivity index (χ0n) is 16.1. The molecule has 24 heavy (non-hydrogen) atoms. The van der Waals surface area contributed by atoms with Crippen LogP contribution in [0, 0.1) is 17.8 Å². The number of Topliss-reactive ketones (excluding diaryl/α,β-unsaturated/α-hetero) is 1.